The molecule has 6 nitrogen and oxygen atoms in total. The highest BCUT2D eigenvalue weighted by molar-refractivity contribution is 6.11. The van der Waals surface area contributed by atoms with Crippen LogP contribution in [0.3, 0.4) is 0 Å². The average Bonchev–Trinajstić information content (AvgIpc) is 3.29. The Balaban J connectivity index is 1.60. The van der Waals surface area contributed by atoms with Crippen molar-refractivity contribution in [1.82, 2.24) is 0 Å². The maximum atomic E-state index is 13.0. The zero-order chi connectivity index (χ0) is 19.7. The molecule has 0 radical (unpaired) electrons. The van der Waals surface area contributed by atoms with E-state index in [9.17, 15) is 9.59 Å². The monoisotopic (exact) mass is 380 g/mol. The van der Waals surface area contributed by atoms with E-state index in [2.05, 4.69) is 5.32 Å². The third kappa shape index (κ3) is 3.54. The van der Waals surface area contributed by atoms with Crippen molar-refractivity contribution in [3.05, 3.63) is 47.5 Å². The van der Waals surface area contributed by atoms with Crippen LogP contribution >= 0.6 is 0 Å². The number of carbonyl (C=O) groups excluding carboxylic acids is 2. The summed E-state index contributed by atoms with van der Waals surface area (Å²) in [5, 5.41) is 2.73. The molecule has 2 aliphatic rings. The van der Waals surface area contributed by atoms with E-state index in [-0.39, 0.29) is 17.9 Å². The summed E-state index contributed by atoms with van der Waals surface area (Å²) in [5.41, 5.74) is 2.95. The van der Waals surface area contributed by atoms with E-state index < -0.39 is 0 Å². The molecule has 0 unspecified atom stereocenters. The first-order valence-electron chi connectivity index (χ1n) is 9.62. The van der Waals surface area contributed by atoms with Gasteiger partial charge in [0.05, 0.1) is 19.8 Å². The van der Waals surface area contributed by atoms with E-state index in [1.807, 2.05) is 30.3 Å². The van der Waals surface area contributed by atoms with E-state index in [1.54, 1.807) is 18.1 Å². The lowest BCUT2D eigenvalue weighted by molar-refractivity contribution is -0.114. The zero-order valence-electron chi connectivity index (χ0n) is 16.2. The highest BCUT2D eigenvalue weighted by atomic mass is 16.5. The van der Waals surface area contributed by atoms with E-state index in [4.69, 9.17) is 9.47 Å². The Kier molecular flexibility index (Phi) is 4.94. The number of nitrogens with zero attached hydrogens (tertiary/aromatic N) is 1. The number of amides is 2. The summed E-state index contributed by atoms with van der Waals surface area (Å²) >= 11 is 0. The van der Waals surface area contributed by atoms with Crippen molar-refractivity contribution >= 4 is 23.2 Å². The Hall–Kier alpha value is -3.02. The van der Waals surface area contributed by atoms with Crippen LogP contribution < -0.4 is 19.7 Å². The molecular weight excluding hydrogens is 356 g/mol. The van der Waals surface area contributed by atoms with Crippen LogP contribution in [-0.2, 0) is 11.3 Å². The number of fused-ring (bicyclic) bond motifs is 1. The van der Waals surface area contributed by atoms with Crippen LogP contribution in [0, 0.1) is 0 Å². The summed E-state index contributed by atoms with van der Waals surface area (Å²) in [7, 11) is 1.62. The lowest BCUT2D eigenvalue weighted by atomic mass is 10.1. The molecule has 1 aliphatic carbocycles. The zero-order valence-corrected chi connectivity index (χ0v) is 16.2. The second-order valence-electron chi connectivity index (χ2n) is 7.30. The molecule has 1 saturated carbocycles. The molecule has 6 heteroatoms. The van der Waals surface area contributed by atoms with E-state index in [0.717, 1.165) is 24.1 Å². The summed E-state index contributed by atoms with van der Waals surface area (Å²) < 4.78 is 11.6. The van der Waals surface area contributed by atoms with Gasteiger partial charge in [0.1, 0.15) is 0 Å². The van der Waals surface area contributed by atoms with E-state index >= 15 is 0 Å². The van der Waals surface area contributed by atoms with Gasteiger partial charge in [0.25, 0.3) is 5.91 Å². The van der Waals surface area contributed by atoms with Gasteiger partial charge in [-0.25, -0.2) is 0 Å². The molecule has 1 heterocycles. The third-order valence-corrected chi connectivity index (χ3v) is 5.29. The number of ether oxygens (including phenoxy) is 2. The first-order valence-corrected chi connectivity index (χ1v) is 9.62. The maximum absolute atomic E-state index is 13.0. The molecule has 0 spiro atoms. The minimum Gasteiger partial charge on any atom is -0.493 e. The largest absolute Gasteiger partial charge is 0.493 e. The molecular formula is C22H24N2O4. The molecule has 1 aliphatic heterocycles. The van der Waals surface area contributed by atoms with Crippen LogP contribution in [-0.4, -0.2) is 25.0 Å². The molecule has 4 rings (SSSR count). The summed E-state index contributed by atoms with van der Waals surface area (Å²) in [4.78, 5) is 26.0. The molecule has 0 aromatic heterocycles. The molecule has 0 bridgehead atoms. The lowest BCUT2D eigenvalue weighted by Gasteiger charge is -2.20. The Bertz CT molecular complexity index is 919. The Morgan fingerprint density at radius 1 is 1.11 bits per heavy atom. The van der Waals surface area contributed by atoms with Crippen molar-refractivity contribution in [1.29, 1.82) is 0 Å². The van der Waals surface area contributed by atoms with Crippen LogP contribution in [0.4, 0.5) is 11.4 Å². The van der Waals surface area contributed by atoms with Gasteiger partial charge in [-0.2, -0.15) is 0 Å². The number of benzene rings is 2. The quantitative estimate of drug-likeness (QED) is 0.847. The predicted octanol–water partition coefficient (Wildman–Crippen LogP) is 4.14. The fourth-order valence-corrected chi connectivity index (χ4v) is 3.90. The molecule has 2 aromatic rings. The standard InChI is InChI=1S/C22H24N2O4/c1-14(25)23-16-8-7-15-13-24(22(26)19(15)11-16)17-9-10-20(27-2)21(12-17)28-18-5-3-4-6-18/h7-12,18H,3-6,13H2,1-2H3,(H,23,25). The van der Waals surface area contributed by atoms with Gasteiger partial charge in [0.2, 0.25) is 5.91 Å². The molecule has 0 saturated heterocycles. The molecule has 1 N–H and O–H groups in total. The first kappa shape index (κ1) is 18.3. The van der Waals surface area contributed by atoms with Gasteiger partial charge in [0, 0.05) is 29.9 Å². The number of hydrogen-bond acceptors (Lipinski definition) is 4. The Morgan fingerprint density at radius 2 is 1.89 bits per heavy atom. The number of carbonyl (C=O) groups is 2. The predicted molar refractivity (Wildman–Crippen MR) is 107 cm³/mol. The number of rotatable bonds is 5. The third-order valence-electron chi connectivity index (χ3n) is 5.29. The fraction of sp³-hybridized carbons (Fsp3) is 0.364. The Morgan fingerprint density at radius 3 is 2.61 bits per heavy atom. The van der Waals surface area contributed by atoms with E-state index in [1.165, 1.54) is 19.8 Å². The van der Waals surface area contributed by atoms with Crippen molar-refractivity contribution in [3.8, 4) is 11.5 Å². The van der Waals surface area contributed by atoms with Crippen molar-refractivity contribution in [2.24, 2.45) is 0 Å². The summed E-state index contributed by atoms with van der Waals surface area (Å²) in [6.45, 7) is 1.94. The van der Waals surface area contributed by atoms with Gasteiger partial charge in [-0.1, -0.05) is 6.07 Å². The number of methoxy groups -OCH3 is 1. The molecule has 2 amide bonds. The van der Waals surface area contributed by atoms with Crippen molar-refractivity contribution in [3.63, 3.8) is 0 Å². The molecule has 0 atom stereocenters. The summed E-state index contributed by atoms with van der Waals surface area (Å²) in [6, 6.07) is 11.0. The highest BCUT2D eigenvalue weighted by Gasteiger charge is 2.30. The second-order valence-corrected chi connectivity index (χ2v) is 7.30. The minimum absolute atomic E-state index is 0.0841. The van der Waals surface area contributed by atoms with E-state index in [0.29, 0.717) is 29.3 Å². The number of hydrogen-bond donors (Lipinski definition) is 1. The van der Waals surface area contributed by atoms with Gasteiger partial charge in [0.15, 0.2) is 11.5 Å². The Labute approximate surface area is 164 Å². The van der Waals surface area contributed by atoms with Crippen molar-refractivity contribution in [2.75, 3.05) is 17.3 Å². The second kappa shape index (κ2) is 7.54. The highest BCUT2D eigenvalue weighted by Crippen LogP contribution is 2.37. The van der Waals surface area contributed by atoms with Crippen LogP contribution in [0.15, 0.2) is 36.4 Å². The first-order chi connectivity index (χ1) is 13.5. The SMILES string of the molecule is COc1ccc(N2Cc3ccc(NC(C)=O)cc3C2=O)cc1OC1CCCC1. The number of nitrogens with one attached hydrogen (secondary N) is 1. The van der Waals surface area contributed by atoms with Crippen molar-refractivity contribution < 1.29 is 19.1 Å². The van der Waals surface area contributed by atoms with Crippen LogP contribution in [0.1, 0.15) is 48.5 Å². The average molecular weight is 380 g/mol. The molecule has 28 heavy (non-hydrogen) atoms. The minimum atomic E-state index is -0.161. The topological polar surface area (TPSA) is 67.9 Å². The van der Waals surface area contributed by atoms with Gasteiger partial charge in [-0.3, -0.25) is 9.59 Å². The summed E-state index contributed by atoms with van der Waals surface area (Å²) in [5.74, 6) is 1.10. The van der Waals surface area contributed by atoms with Crippen molar-refractivity contribution in [2.45, 2.75) is 45.3 Å². The molecule has 2 aromatic carbocycles. The van der Waals surface area contributed by atoms with Crippen LogP contribution in [0.5, 0.6) is 11.5 Å². The van der Waals surface area contributed by atoms with Gasteiger partial charge < -0.3 is 19.7 Å². The molecule has 146 valence electrons. The summed E-state index contributed by atoms with van der Waals surface area (Å²) in [6.07, 6.45) is 4.67. The fourth-order valence-electron chi connectivity index (χ4n) is 3.90. The van der Waals surface area contributed by atoms with Gasteiger partial charge in [-0.05, 0) is 55.5 Å². The van der Waals surface area contributed by atoms with Crippen LogP contribution in [0.25, 0.3) is 0 Å². The molecule has 1 fully saturated rings. The number of anilines is 2. The normalized spacial score (nSPS) is 16.2. The maximum Gasteiger partial charge on any atom is 0.259 e. The van der Waals surface area contributed by atoms with Gasteiger partial charge in [-0.15, -0.1) is 0 Å². The van der Waals surface area contributed by atoms with Gasteiger partial charge >= 0.3 is 0 Å². The smallest absolute Gasteiger partial charge is 0.259 e. The lowest BCUT2D eigenvalue weighted by Crippen LogP contribution is -2.23. The van der Waals surface area contributed by atoms with Crippen LogP contribution in [0.2, 0.25) is 0 Å².